The summed E-state index contributed by atoms with van der Waals surface area (Å²) in [7, 11) is 0. The molecule has 98 valence electrons. The first kappa shape index (κ1) is 12.1. The van der Waals surface area contributed by atoms with Crippen LogP contribution in [0.1, 0.15) is 56.9 Å². The quantitative estimate of drug-likeness (QED) is 0.778. The Kier molecular flexibility index (Phi) is 3.32. The molecule has 0 atom stereocenters. The first-order chi connectivity index (χ1) is 8.76. The van der Waals surface area contributed by atoms with Gasteiger partial charge in [0.1, 0.15) is 0 Å². The maximum Gasteiger partial charge on any atom is 0.0342 e. The van der Waals surface area contributed by atoms with Crippen LogP contribution in [0.4, 0.5) is 5.69 Å². The van der Waals surface area contributed by atoms with Crippen LogP contribution >= 0.6 is 0 Å². The molecule has 0 bridgehead atoms. The molecule has 2 fully saturated rings. The zero-order valence-corrected chi connectivity index (χ0v) is 11.5. The molecule has 2 aliphatic rings. The normalized spacial score (nSPS) is 23.4. The van der Waals surface area contributed by atoms with Crippen molar-refractivity contribution in [1.29, 1.82) is 0 Å². The van der Waals surface area contributed by atoms with Crippen LogP contribution in [-0.4, -0.2) is 6.04 Å². The summed E-state index contributed by atoms with van der Waals surface area (Å²) in [4.78, 5) is 0. The van der Waals surface area contributed by atoms with E-state index in [1.54, 1.807) is 0 Å². The van der Waals surface area contributed by atoms with Crippen LogP contribution in [0, 0.1) is 12.3 Å². The van der Waals surface area contributed by atoms with Crippen LogP contribution in [0.3, 0.4) is 0 Å². The summed E-state index contributed by atoms with van der Waals surface area (Å²) in [5, 5.41) is 3.71. The van der Waals surface area contributed by atoms with Gasteiger partial charge < -0.3 is 5.32 Å². The summed E-state index contributed by atoms with van der Waals surface area (Å²) in [6.07, 6.45) is 11.6. The Morgan fingerprint density at radius 2 is 1.56 bits per heavy atom. The molecule has 0 saturated heterocycles. The van der Waals surface area contributed by atoms with Gasteiger partial charge in [0.2, 0.25) is 0 Å². The van der Waals surface area contributed by atoms with Crippen molar-refractivity contribution < 1.29 is 0 Å². The first-order valence-electron chi connectivity index (χ1n) is 7.59. The molecule has 18 heavy (non-hydrogen) atoms. The Morgan fingerprint density at radius 1 is 0.944 bits per heavy atom. The number of nitrogens with one attached hydrogen (secondary N) is 1. The predicted octanol–water partition coefficient (Wildman–Crippen LogP) is 4.91. The van der Waals surface area contributed by atoms with Gasteiger partial charge in [0.25, 0.3) is 0 Å². The van der Waals surface area contributed by atoms with Gasteiger partial charge in [-0.05, 0) is 63.0 Å². The highest BCUT2D eigenvalue weighted by Gasteiger charge is 2.37. The molecule has 1 aromatic carbocycles. The van der Waals surface area contributed by atoms with Crippen molar-refractivity contribution in [3.63, 3.8) is 0 Å². The third-order valence-corrected chi connectivity index (χ3v) is 5.13. The Labute approximate surface area is 111 Å². The highest BCUT2D eigenvalue weighted by molar-refractivity contribution is 5.45. The van der Waals surface area contributed by atoms with Gasteiger partial charge in [0.05, 0.1) is 0 Å². The molecule has 1 nitrogen and oxygen atoms in total. The zero-order chi connectivity index (χ0) is 12.4. The van der Waals surface area contributed by atoms with Crippen molar-refractivity contribution in [3.8, 4) is 0 Å². The molecule has 0 aromatic heterocycles. The summed E-state index contributed by atoms with van der Waals surface area (Å²) in [6, 6.07) is 9.54. The van der Waals surface area contributed by atoms with E-state index in [-0.39, 0.29) is 0 Å². The SMILES string of the molecule is Cc1ccc(NC2CCC3(CCCC3)CC2)cc1. The molecule has 0 unspecified atom stereocenters. The smallest absolute Gasteiger partial charge is 0.0342 e. The summed E-state index contributed by atoms with van der Waals surface area (Å²) >= 11 is 0. The van der Waals surface area contributed by atoms with Crippen molar-refractivity contribution in [2.24, 2.45) is 5.41 Å². The molecule has 0 aliphatic heterocycles. The largest absolute Gasteiger partial charge is 0.382 e. The number of aryl methyl sites for hydroxylation is 1. The number of anilines is 1. The Hall–Kier alpha value is -0.980. The molecule has 2 saturated carbocycles. The van der Waals surface area contributed by atoms with Crippen molar-refractivity contribution in [3.05, 3.63) is 29.8 Å². The summed E-state index contributed by atoms with van der Waals surface area (Å²) in [5.41, 5.74) is 3.40. The van der Waals surface area contributed by atoms with E-state index in [0.29, 0.717) is 6.04 Å². The van der Waals surface area contributed by atoms with E-state index in [9.17, 15) is 0 Å². The Bertz CT molecular complexity index is 377. The van der Waals surface area contributed by atoms with Crippen LogP contribution in [0.25, 0.3) is 0 Å². The second-order valence-electron chi connectivity index (χ2n) is 6.49. The van der Waals surface area contributed by atoms with Crippen molar-refractivity contribution in [1.82, 2.24) is 0 Å². The molecular weight excluding hydrogens is 218 g/mol. The number of hydrogen-bond acceptors (Lipinski definition) is 1. The van der Waals surface area contributed by atoms with Gasteiger partial charge in [-0.2, -0.15) is 0 Å². The number of benzene rings is 1. The maximum absolute atomic E-state index is 3.71. The van der Waals surface area contributed by atoms with E-state index in [4.69, 9.17) is 0 Å². The van der Waals surface area contributed by atoms with Crippen LogP contribution in [0.15, 0.2) is 24.3 Å². The van der Waals surface area contributed by atoms with Gasteiger partial charge in [-0.3, -0.25) is 0 Å². The highest BCUT2D eigenvalue weighted by atomic mass is 14.9. The fourth-order valence-electron chi connectivity index (χ4n) is 3.88. The van der Waals surface area contributed by atoms with Gasteiger partial charge in [-0.1, -0.05) is 30.5 Å². The molecule has 0 heterocycles. The van der Waals surface area contributed by atoms with Crippen molar-refractivity contribution in [2.75, 3.05) is 5.32 Å². The minimum atomic E-state index is 0.707. The monoisotopic (exact) mass is 243 g/mol. The first-order valence-corrected chi connectivity index (χ1v) is 7.59. The zero-order valence-electron chi connectivity index (χ0n) is 11.5. The van der Waals surface area contributed by atoms with Gasteiger partial charge >= 0.3 is 0 Å². The van der Waals surface area contributed by atoms with Gasteiger partial charge in [0, 0.05) is 11.7 Å². The summed E-state index contributed by atoms with van der Waals surface area (Å²) in [5.74, 6) is 0. The molecule has 2 aliphatic carbocycles. The number of rotatable bonds is 2. The molecule has 0 radical (unpaired) electrons. The van der Waals surface area contributed by atoms with E-state index in [2.05, 4.69) is 36.5 Å². The van der Waals surface area contributed by atoms with E-state index in [0.717, 1.165) is 5.41 Å². The highest BCUT2D eigenvalue weighted by Crippen LogP contribution is 2.49. The van der Waals surface area contributed by atoms with E-state index in [1.807, 2.05) is 0 Å². The van der Waals surface area contributed by atoms with Crippen LogP contribution < -0.4 is 5.32 Å². The lowest BCUT2D eigenvalue weighted by Gasteiger charge is -2.37. The topological polar surface area (TPSA) is 12.0 Å². The minimum absolute atomic E-state index is 0.707. The molecule has 0 amide bonds. The third kappa shape index (κ3) is 2.55. The molecule has 1 spiro atoms. The lowest BCUT2D eigenvalue weighted by atomic mass is 9.71. The lowest BCUT2D eigenvalue weighted by molar-refractivity contribution is 0.188. The minimum Gasteiger partial charge on any atom is -0.382 e. The van der Waals surface area contributed by atoms with Crippen molar-refractivity contribution >= 4 is 5.69 Å². The fourth-order valence-corrected chi connectivity index (χ4v) is 3.88. The van der Waals surface area contributed by atoms with Gasteiger partial charge in [0.15, 0.2) is 0 Å². The second-order valence-corrected chi connectivity index (χ2v) is 6.49. The molecule has 1 aromatic rings. The summed E-state index contributed by atoms with van der Waals surface area (Å²) in [6.45, 7) is 2.15. The fraction of sp³-hybridized carbons (Fsp3) is 0.647. The van der Waals surface area contributed by atoms with Crippen LogP contribution in [0.2, 0.25) is 0 Å². The average molecular weight is 243 g/mol. The van der Waals surface area contributed by atoms with Crippen LogP contribution in [-0.2, 0) is 0 Å². The van der Waals surface area contributed by atoms with Crippen molar-refractivity contribution in [2.45, 2.75) is 64.3 Å². The van der Waals surface area contributed by atoms with Gasteiger partial charge in [-0.25, -0.2) is 0 Å². The van der Waals surface area contributed by atoms with Crippen LogP contribution in [0.5, 0.6) is 0 Å². The molecule has 1 N–H and O–H groups in total. The molecule has 1 heteroatoms. The molecular formula is C17H25N. The van der Waals surface area contributed by atoms with E-state index < -0.39 is 0 Å². The molecule has 3 rings (SSSR count). The predicted molar refractivity (Wildman–Crippen MR) is 78.0 cm³/mol. The number of hydrogen-bond donors (Lipinski definition) is 1. The summed E-state index contributed by atoms with van der Waals surface area (Å²) < 4.78 is 0. The standard InChI is InChI=1S/C17H25N/c1-14-4-6-15(7-5-14)18-16-8-12-17(13-9-16)10-2-3-11-17/h4-7,16,18H,2-3,8-13H2,1H3. The van der Waals surface area contributed by atoms with Gasteiger partial charge in [-0.15, -0.1) is 0 Å². The second kappa shape index (κ2) is 4.95. The lowest BCUT2D eigenvalue weighted by Crippen LogP contribution is -2.31. The Morgan fingerprint density at radius 3 is 2.17 bits per heavy atom. The average Bonchev–Trinajstić information content (AvgIpc) is 2.84. The Balaban J connectivity index is 1.55. The maximum atomic E-state index is 3.71. The van der Waals surface area contributed by atoms with E-state index >= 15 is 0 Å². The third-order valence-electron chi connectivity index (χ3n) is 5.13. The van der Waals surface area contributed by atoms with E-state index in [1.165, 1.54) is 62.6 Å².